The van der Waals surface area contributed by atoms with E-state index in [1.807, 2.05) is 0 Å². The third kappa shape index (κ3) is 1.41. The summed E-state index contributed by atoms with van der Waals surface area (Å²) < 4.78 is 0. The highest BCUT2D eigenvalue weighted by molar-refractivity contribution is 7.58. The highest BCUT2D eigenvalue weighted by atomic mass is 32.1. The van der Waals surface area contributed by atoms with Crippen molar-refractivity contribution in [1.82, 2.24) is 4.98 Å². The second kappa shape index (κ2) is 2.62. The van der Waals surface area contributed by atoms with Crippen molar-refractivity contribution in [2.75, 3.05) is 0 Å². The van der Waals surface area contributed by atoms with E-state index in [1.54, 1.807) is 0 Å². The molecule has 0 bridgehead atoms. The highest BCUT2D eigenvalue weighted by Gasteiger charge is 1.88. The number of carboxylic acids is 1. The van der Waals surface area contributed by atoms with E-state index in [2.05, 4.69) is 17.6 Å². The molecule has 1 aromatic heterocycles. The maximum Gasteiger partial charge on any atom is 0.0730 e. The minimum atomic E-state index is -1.23. The number of nitrogens with zero attached hydrogens (tertiary/aromatic N) is 1. The van der Waals surface area contributed by atoms with Crippen LogP contribution in [0.1, 0.15) is 10.4 Å². The third-order valence-corrected chi connectivity index (χ3v) is 1.21. The van der Waals surface area contributed by atoms with Crippen LogP contribution < -0.4 is 5.11 Å². The standard InChI is InChI=1S/C6H5NO2S/c8-6(9)4-1-2-5(10)7-3-4/h1-3H,(H,7,10)(H,8,9)/p-2. The predicted octanol–water partition coefficient (Wildman–Crippen LogP) is -0.649. The van der Waals surface area contributed by atoms with E-state index in [9.17, 15) is 9.90 Å². The molecule has 1 rings (SSSR count). The summed E-state index contributed by atoms with van der Waals surface area (Å²) in [5.41, 5.74) is 0.0496. The Kier molecular flexibility index (Phi) is 1.82. The minimum Gasteiger partial charge on any atom is -0.760 e. The molecule has 0 aliphatic carbocycles. The van der Waals surface area contributed by atoms with Crippen molar-refractivity contribution in [3.05, 3.63) is 23.9 Å². The number of carboxylic acid groups (broad SMARTS) is 1. The van der Waals surface area contributed by atoms with E-state index >= 15 is 0 Å². The molecule has 0 aliphatic rings. The molecular weight excluding hydrogens is 150 g/mol. The number of aromatic carboxylic acids is 1. The number of carbonyl (C=O) groups excluding carboxylic acids is 1. The monoisotopic (exact) mass is 153 g/mol. The summed E-state index contributed by atoms with van der Waals surface area (Å²) >= 11 is 4.63. The fourth-order valence-electron chi connectivity index (χ4n) is 0.501. The summed E-state index contributed by atoms with van der Waals surface area (Å²) in [6.07, 6.45) is 1.18. The zero-order valence-corrected chi connectivity index (χ0v) is 5.72. The van der Waals surface area contributed by atoms with Gasteiger partial charge < -0.3 is 22.5 Å². The first kappa shape index (κ1) is 6.95. The lowest BCUT2D eigenvalue weighted by Gasteiger charge is -2.05. The summed E-state index contributed by atoms with van der Waals surface area (Å²) in [7, 11) is 0. The minimum absolute atomic E-state index is 0.0496. The largest absolute Gasteiger partial charge is 0.760 e. The Morgan fingerprint density at radius 2 is 2.30 bits per heavy atom. The highest BCUT2D eigenvalue weighted by Crippen LogP contribution is 1.96. The van der Waals surface area contributed by atoms with E-state index in [0.29, 0.717) is 5.03 Å². The Hall–Kier alpha value is -1.16. The quantitative estimate of drug-likeness (QED) is 0.503. The molecule has 0 aliphatic heterocycles. The van der Waals surface area contributed by atoms with Crippen LogP contribution in [-0.4, -0.2) is 11.0 Å². The SMILES string of the molecule is O=C([O-])c1ccc([S-])nc1. The summed E-state index contributed by atoms with van der Waals surface area (Å²) in [5.74, 6) is -1.23. The Bertz CT molecular complexity index is 244. The molecule has 0 unspecified atom stereocenters. The second-order valence-electron chi connectivity index (χ2n) is 1.67. The van der Waals surface area contributed by atoms with Crippen molar-refractivity contribution >= 4 is 18.6 Å². The molecule has 0 atom stereocenters. The van der Waals surface area contributed by atoms with Crippen LogP contribution in [0.15, 0.2) is 23.4 Å². The van der Waals surface area contributed by atoms with Gasteiger partial charge in [-0.3, -0.25) is 4.98 Å². The second-order valence-corrected chi connectivity index (χ2v) is 2.09. The fourth-order valence-corrected chi connectivity index (χ4v) is 0.622. The molecule has 4 heteroatoms. The first-order chi connectivity index (χ1) is 4.70. The van der Waals surface area contributed by atoms with Gasteiger partial charge in [0.2, 0.25) is 0 Å². The van der Waals surface area contributed by atoms with Crippen molar-refractivity contribution in [2.24, 2.45) is 0 Å². The molecule has 0 fully saturated rings. The molecule has 1 heterocycles. The molecule has 0 radical (unpaired) electrons. The lowest BCUT2D eigenvalue weighted by Crippen LogP contribution is -2.22. The number of rotatable bonds is 1. The van der Waals surface area contributed by atoms with Gasteiger partial charge in [-0.05, 0) is 0 Å². The lowest BCUT2D eigenvalue weighted by atomic mass is 10.3. The van der Waals surface area contributed by atoms with Crippen molar-refractivity contribution < 1.29 is 9.90 Å². The summed E-state index contributed by atoms with van der Waals surface area (Å²) in [6, 6.07) is 2.81. The van der Waals surface area contributed by atoms with Crippen molar-refractivity contribution in [2.45, 2.75) is 5.03 Å². The molecule has 0 spiro atoms. The van der Waals surface area contributed by atoms with Gasteiger partial charge in [0.15, 0.2) is 0 Å². The van der Waals surface area contributed by atoms with Crippen LogP contribution in [0, 0.1) is 0 Å². The molecule has 52 valence electrons. The Labute approximate surface area is 63.1 Å². The van der Waals surface area contributed by atoms with Crippen molar-refractivity contribution in [1.29, 1.82) is 0 Å². The predicted molar refractivity (Wildman–Crippen MR) is 34.2 cm³/mol. The molecule has 0 saturated heterocycles. The number of carbonyl (C=O) groups is 1. The van der Waals surface area contributed by atoms with Crippen LogP contribution in [0.25, 0.3) is 0 Å². The van der Waals surface area contributed by atoms with E-state index in [-0.39, 0.29) is 5.56 Å². The van der Waals surface area contributed by atoms with Crippen LogP contribution >= 0.6 is 0 Å². The number of pyridine rings is 1. The van der Waals surface area contributed by atoms with Crippen LogP contribution in [0.5, 0.6) is 0 Å². The topological polar surface area (TPSA) is 53.0 Å². The van der Waals surface area contributed by atoms with E-state index in [0.717, 1.165) is 0 Å². The van der Waals surface area contributed by atoms with Gasteiger partial charge in [-0.25, -0.2) is 0 Å². The lowest BCUT2D eigenvalue weighted by molar-refractivity contribution is -0.255. The molecule has 0 amide bonds. The van der Waals surface area contributed by atoms with Gasteiger partial charge in [0, 0.05) is 11.8 Å². The van der Waals surface area contributed by atoms with Gasteiger partial charge in [-0.2, -0.15) is 0 Å². The molecule has 1 aromatic rings. The van der Waals surface area contributed by atoms with Gasteiger partial charge in [0.05, 0.1) is 5.97 Å². The molecular formula is C6H3NO2S-2. The van der Waals surface area contributed by atoms with Crippen molar-refractivity contribution in [3.8, 4) is 0 Å². The first-order valence-electron chi connectivity index (χ1n) is 2.54. The smallest absolute Gasteiger partial charge is 0.0730 e. The Morgan fingerprint density at radius 3 is 2.70 bits per heavy atom. The van der Waals surface area contributed by atoms with Gasteiger partial charge >= 0.3 is 0 Å². The normalized spacial score (nSPS) is 9.20. The van der Waals surface area contributed by atoms with Gasteiger partial charge in [-0.15, -0.1) is 0 Å². The summed E-state index contributed by atoms with van der Waals surface area (Å²) in [4.78, 5) is 13.7. The maximum absolute atomic E-state index is 10.1. The molecule has 3 nitrogen and oxygen atoms in total. The molecule has 0 aromatic carbocycles. The van der Waals surface area contributed by atoms with Gasteiger partial charge in [-0.1, -0.05) is 17.2 Å². The molecule has 0 saturated carbocycles. The summed E-state index contributed by atoms with van der Waals surface area (Å²) in [5, 5.41) is 10.5. The first-order valence-corrected chi connectivity index (χ1v) is 2.95. The summed E-state index contributed by atoms with van der Waals surface area (Å²) in [6.45, 7) is 0. The molecule has 10 heavy (non-hydrogen) atoms. The van der Waals surface area contributed by atoms with Crippen LogP contribution in [-0.2, 0) is 12.6 Å². The van der Waals surface area contributed by atoms with Crippen molar-refractivity contribution in [3.63, 3.8) is 0 Å². The third-order valence-electron chi connectivity index (χ3n) is 0.972. The Morgan fingerprint density at radius 1 is 1.60 bits per heavy atom. The fraction of sp³-hybridized carbons (Fsp3) is 0. The van der Waals surface area contributed by atoms with E-state index in [1.165, 1.54) is 18.3 Å². The average Bonchev–Trinajstić information content (AvgIpc) is 1.88. The Balaban J connectivity index is 3.00. The van der Waals surface area contributed by atoms with Crippen LogP contribution in [0.4, 0.5) is 0 Å². The van der Waals surface area contributed by atoms with Gasteiger partial charge in [0.1, 0.15) is 0 Å². The average molecular weight is 153 g/mol. The maximum atomic E-state index is 10.1. The van der Waals surface area contributed by atoms with E-state index in [4.69, 9.17) is 0 Å². The van der Waals surface area contributed by atoms with Crippen LogP contribution in [0.3, 0.4) is 0 Å². The molecule has 0 N–H and O–H groups in total. The van der Waals surface area contributed by atoms with Gasteiger partial charge in [0.25, 0.3) is 0 Å². The number of aromatic nitrogens is 1. The number of hydrogen-bond acceptors (Lipinski definition) is 4. The van der Waals surface area contributed by atoms with E-state index < -0.39 is 5.97 Å². The number of hydrogen-bond donors (Lipinski definition) is 0. The zero-order chi connectivity index (χ0) is 7.56. The van der Waals surface area contributed by atoms with Crippen LogP contribution in [0.2, 0.25) is 0 Å². The zero-order valence-electron chi connectivity index (χ0n) is 4.90.